The molecule has 0 bridgehead atoms. The summed E-state index contributed by atoms with van der Waals surface area (Å²) < 4.78 is 10.7. The van der Waals surface area contributed by atoms with E-state index < -0.39 is 0 Å². The van der Waals surface area contributed by atoms with Crippen molar-refractivity contribution < 1.29 is 14.3 Å². The Labute approximate surface area is 163 Å². The zero-order chi connectivity index (χ0) is 19.6. The van der Waals surface area contributed by atoms with Gasteiger partial charge in [0.15, 0.2) is 0 Å². The molecule has 1 aromatic carbocycles. The van der Waals surface area contributed by atoms with Crippen LogP contribution in [0.3, 0.4) is 0 Å². The molecule has 2 fully saturated rings. The van der Waals surface area contributed by atoms with Crippen LogP contribution in [0.4, 0.5) is 0 Å². The summed E-state index contributed by atoms with van der Waals surface area (Å²) in [6.07, 6.45) is 2.22. The zero-order valence-electron chi connectivity index (χ0n) is 17.4. The number of hydrogen-bond acceptors (Lipinski definition) is 4. The third kappa shape index (κ3) is 4.75. The van der Waals surface area contributed by atoms with Crippen molar-refractivity contribution in [3.05, 3.63) is 23.8 Å². The predicted octanol–water partition coefficient (Wildman–Crippen LogP) is 3.07. The fourth-order valence-electron chi connectivity index (χ4n) is 4.64. The smallest absolute Gasteiger partial charge is 0.239 e. The molecule has 5 nitrogen and oxygen atoms in total. The number of likely N-dealkylation sites (tertiary alicyclic amines) is 2. The summed E-state index contributed by atoms with van der Waals surface area (Å²) in [5, 5.41) is 0. The molecule has 0 saturated carbocycles. The maximum absolute atomic E-state index is 12.9. The Bertz CT molecular complexity index is 625. The lowest BCUT2D eigenvalue weighted by Gasteiger charge is -2.45. The topological polar surface area (TPSA) is 42.0 Å². The minimum Gasteiger partial charge on any atom is -0.497 e. The Hall–Kier alpha value is -1.75. The monoisotopic (exact) mass is 374 g/mol. The summed E-state index contributed by atoms with van der Waals surface area (Å²) in [6, 6.07) is 6.04. The van der Waals surface area contributed by atoms with Gasteiger partial charge in [-0.3, -0.25) is 9.69 Å². The molecule has 0 N–H and O–H groups in total. The van der Waals surface area contributed by atoms with Crippen LogP contribution >= 0.6 is 0 Å². The fourth-order valence-corrected chi connectivity index (χ4v) is 4.64. The molecule has 1 aromatic rings. The minimum atomic E-state index is -0.0152. The van der Waals surface area contributed by atoms with E-state index in [9.17, 15) is 4.79 Å². The highest BCUT2D eigenvalue weighted by Crippen LogP contribution is 2.29. The number of hydrogen-bond donors (Lipinski definition) is 0. The lowest BCUT2D eigenvalue weighted by atomic mass is 9.89. The van der Waals surface area contributed by atoms with Crippen LogP contribution in [0.25, 0.3) is 0 Å². The SMILES string of the molecule is COc1cc(CC2CN([C@@H](C)C(=O)N3C[C@H](C)C[C@H](C)C3)C2)cc(OC)c1. The first-order valence-electron chi connectivity index (χ1n) is 10.1. The standard InChI is InChI=1S/C22H34N2O3/c1-15-6-16(2)12-24(11-15)22(25)17(3)23-13-19(14-23)7-18-8-20(26-4)10-21(9-18)27-5/h8-10,15-17,19H,6-7,11-14H2,1-5H3/t15-,16+,17-/m0/s1. The summed E-state index contributed by atoms with van der Waals surface area (Å²) in [4.78, 5) is 17.3. The molecule has 0 spiro atoms. The van der Waals surface area contributed by atoms with Gasteiger partial charge in [0.25, 0.3) is 0 Å². The van der Waals surface area contributed by atoms with E-state index in [1.165, 1.54) is 12.0 Å². The molecule has 2 saturated heterocycles. The van der Waals surface area contributed by atoms with Gasteiger partial charge in [-0.1, -0.05) is 13.8 Å². The average molecular weight is 375 g/mol. The van der Waals surface area contributed by atoms with Crippen molar-refractivity contribution in [1.82, 2.24) is 9.80 Å². The van der Waals surface area contributed by atoms with E-state index in [4.69, 9.17) is 9.47 Å². The molecular weight excluding hydrogens is 340 g/mol. The molecule has 3 rings (SSSR count). The lowest BCUT2D eigenvalue weighted by molar-refractivity contribution is -0.141. The summed E-state index contributed by atoms with van der Waals surface area (Å²) >= 11 is 0. The van der Waals surface area contributed by atoms with Crippen LogP contribution < -0.4 is 9.47 Å². The number of benzene rings is 1. The highest BCUT2D eigenvalue weighted by Gasteiger charge is 2.36. The molecule has 2 aliphatic heterocycles. The molecule has 150 valence electrons. The summed E-state index contributed by atoms with van der Waals surface area (Å²) in [5.74, 6) is 3.76. The maximum Gasteiger partial charge on any atom is 0.239 e. The molecular formula is C22H34N2O3. The van der Waals surface area contributed by atoms with Gasteiger partial charge < -0.3 is 14.4 Å². The maximum atomic E-state index is 12.9. The Morgan fingerprint density at radius 3 is 2.11 bits per heavy atom. The normalized spacial score (nSPS) is 25.0. The quantitative estimate of drug-likeness (QED) is 0.767. The van der Waals surface area contributed by atoms with E-state index in [1.54, 1.807) is 14.2 Å². The van der Waals surface area contributed by atoms with E-state index in [2.05, 4.69) is 42.7 Å². The minimum absolute atomic E-state index is 0.0152. The Balaban J connectivity index is 1.52. The molecule has 0 aliphatic carbocycles. The number of ether oxygens (including phenoxy) is 2. The summed E-state index contributed by atoms with van der Waals surface area (Å²) in [6.45, 7) is 10.3. The third-order valence-corrected chi connectivity index (χ3v) is 6.01. The molecule has 27 heavy (non-hydrogen) atoms. The molecule has 1 amide bonds. The number of rotatable bonds is 6. The van der Waals surface area contributed by atoms with Crippen LogP contribution in [-0.4, -0.2) is 62.1 Å². The molecule has 0 unspecified atom stereocenters. The number of amides is 1. The number of carbonyl (C=O) groups is 1. The second-order valence-corrected chi connectivity index (χ2v) is 8.61. The van der Waals surface area contributed by atoms with Crippen LogP contribution in [0.5, 0.6) is 11.5 Å². The highest BCUT2D eigenvalue weighted by molar-refractivity contribution is 5.81. The van der Waals surface area contributed by atoms with E-state index in [0.29, 0.717) is 23.7 Å². The van der Waals surface area contributed by atoms with Crippen LogP contribution in [0, 0.1) is 17.8 Å². The second kappa shape index (κ2) is 8.51. The van der Waals surface area contributed by atoms with Crippen molar-refractivity contribution in [2.45, 2.75) is 39.7 Å². The first kappa shape index (κ1) is 20.0. The predicted molar refractivity (Wildman–Crippen MR) is 107 cm³/mol. The van der Waals surface area contributed by atoms with E-state index >= 15 is 0 Å². The Morgan fingerprint density at radius 1 is 1.04 bits per heavy atom. The molecule has 3 atom stereocenters. The van der Waals surface area contributed by atoms with Gasteiger partial charge in [-0.2, -0.15) is 0 Å². The van der Waals surface area contributed by atoms with E-state index in [0.717, 1.165) is 44.1 Å². The Morgan fingerprint density at radius 2 is 1.59 bits per heavy atom. The van der Waals surface area contributed by atoms with Crippen molar-refractivity contribution in [3.8, 4) is 11.5 Å². The van der Waals surface area contributed by atoms with Crippen molar-refractivity contribution in [2.24, 2.45) is 17.8 Å². The number of nitrogens with zero attached hydrogens (tertiary/aromatic N) is 2. The van der Waals surface area contributed by atoms with E-state index in [1.807, 2.05) is 6.07 Å². The van der Waals surface area contributed by atoms with Gasteiger partial charge in [-0.05, 0) is 55.2 Å². The second-order valence-electron chi connectivity index (χ2n) is 8.61. The molecule has 5 heteroatoms. The first-order valence-corrected chi connectivity index (χ1v) is 10.1. The number of methoxy groups -OCH3 is 2. The summed E-state index contributed by atoms with van der Waals surface area (Å²) in [5.41, 5.74) is 1.23. The van der Waals surface area contributed by atoms with E-state index in [-0.39, 0.29) is 6.04 Å². The van der Waals surface area contributed by atoms with Gasteiger partial charge in [0, 0.05) is 32.2 Å². The van der Waals surface area contributed by atoms with Crippen molar-refractivity contribution in [3.63, 3.8) is 0 Å². The molecule has 0 aromatic heterocycles. The van der Waals surface area contributed by atoms with Gasteiger partial charge in [0.2, 0.25) is 5.91 Å². The van der Waals surface area contributed by atoms with Crippen LogP contribution in [0.15, 0.2) is 18.2 Å². The fraction of sp³-hybridized carbons (Fsp3) is 0.682. The van der Waals surface area contributed by atoms with Crippen molar-refractivity contribution >= 4 is 5.91 Å². The Kier molecular flexibility index (Phi) is 6.30. The van der Waals surface area contributed by atoms with Gasteiger partial charge in [0.1, 0.15) is 11.5 Å². The van der Waals surface area contributed by atoms with Gasteiger partial charge in [0.05, 0.1) is 20.3 Å². The van der Waals surface area contributed by atoms with Crippen LogP contribution in [-0.2, 0) is 11.2 Å². The van der Waals surface area contributed by atoms with Crippen molar-refractivity contribution in [1.29, 1.82) is 0 Å². The third-order valence-electron chi connectivity index (χ3n) is 6.01. The number of carbonyl (C=O) groups excluding carboxylic acids is 1. The first-order chi connectivity index (χ1) is 12.9. The molecule has 2 heterocycles. The van der Waals surface area contributed by atoms with Gasteiger partial charge in [-0.25, -0.2) is 0 Å². The zero-order valence-corrected chi connectivity index (χ0v) is 17.4. The lowest BCUT2D eigenvalue weighted by Crippen LogP contribution is -2.58. The summed E-state index contributed by atoms with van der Waals surface area (Å²) in [7, 11) is 3.36. The van der Waals surface area contributed by atoms with Gasteiger partial charge >= 0.3 is 0 Å². The highest BCUT2D eigenvalue weighted by atomic mass is 16.5. The van der Waals surface area contributed by atoms with Crippen molar-refractivity contribution in [2.75, 3.05) is 40.4 Å². The average Bonchev–Trinajstić information content (AvgIpc) is 2.62. The van der Waals surface area contributed by atoms with Crippen LogP contribution in [0.1, 0.15) is 32.8 Å². The van der Waals surface area contributed by atoms with Crippen LogP contribution in [0.2, 0.25) is 0 Å². The number of piperidine rings is 1. The van der Waals surface area contributed by atoms with Gasteiger partial charge in [-0.15, -0.1) is 0 Å². The molecule has 0 radical (unpaired) electrons. The molecule has 2 aliphatic rings. The largest absolute Gasteiger partial charge is 0.497 e.